The van der Waals surface area contributed by atoms with E-state index in [9.17, 15) is 4.79 Å². The van der Waals surface area contributed by atoms with Crippen LogP contribution in [0.15, 0.2) is 37.0 Å². The zero-order valence-electron chi connectivity index (χ0n) is 10.1. The highest BCUT2D eigenvalue weighted by atomic mass is 16.1. The van der Waals surface area contributed by atoms with Crippen molar-refractivity contribution in [2.75, 3.05) is 20.1 Å². The third-order valence-corrected chi connectivity index (χ3v) is 2.45. The van der Waals surface area contributed by atoms with Crippen LogP contribution in [0.2, 0.25) is 0 Å². The largest absolute Gasteiger partial charge is 0.328 e. The number of hydrogen-bond donors (Lipinski definition) is 1. The predicted molar refractivity (Wildman–Crippen MR) is 69.2 cm³/mol. The molecule has 0 atom stereocenters. The minimum absolute atomic E-state index is 0.478. The Morgan fingerprint density at radius 1 is 1.38 bits per heavy atom. The molecule has 1 rings (SSSR count). The smallest absolute Gasteiger partial charge is 0.150 e. The van der Waals surface area contributed by atoms with Gasteiger partial charge in [0.05, 0.1) is 0 Å². The first-order chi connectivity index (χ1) is 7.63. The van der Waals surface area contributed by atoms with E-state index in [1.165, 1.54) is 32.0 Å². The lowest BCUT2D eigenvalue weighted by Crippen LogP contribution is -2.37. The fourth-order valence-corrected chi connectivity index (χ4v) is 1.32. The molecule has 1 aliphatic heterocycles. The summed E-state index contributed by atoms with van der Waals surface area (Å²) in [6, 6.07) is 0.478. The van der Waals surface area contributed by atoms with Gasteiger partial charge in [-0.3, -0.25) is 4.79 Å². The maximum atomic E-state index is 9.94. The van der Waals surface area contributed by atoms with Gasteiger partial charge in [0, 0.05) is 11.6 Å². The molecule has 2 N–H and O–H groups in total. The van der Waals surface area contributed by atoms with Crippen molar-refractivity contribution in [1.82, 2.24) is 4.90 Å². The second-order valence-electron chi connectivity index (χ2n) is 3.87. The first-order valence-electron chi connectivity index (χ1n) is 5.48. The van der Waals surface area contributed by atoms with Crippen molar-refractivity contribution < 1.29 is 4.79 Å². The van der Waals surface area contributed by atoms with Gasteiger partial charge in [0.1, 0.15) is 6.29 Å². The summed E-state index contributed by atoms with van der Waals surface area (Å²) in [5, 5.41) is 0. The Hall–Kier alpha value is -1.19. The molecule has 1 heterocycles. The molecule has 0 spiro atoms. The molecule has 0 amide bonds. The topological polar surface area (TPSA) is 46.3 Å². The number of carbonyl (C=O) groups excluding carboxylic acids is 1. The van der Waals surface area contributed by atoms with Crippen LogP contribution in [0.1, 0.15) is 12.8 Å². The van der Waals surface area contributed by atoms with Gasteiger partial charge in [0.2, 0.25) is 0 Å². The highest BCUT2D eigenvalue weighted by Crippen LogP contribution is 2.04. The van der Waals surface area contributed by atoms with Crippen molar-refractivity contribution >= 4 is 6.29 Å². The Kier molecular flexibility index (Phi) is 8.39. The van der Waals surface area contributed by atoms with E-state index in [-0.39, 0.29) is 0 Å². The van der Waals surface area contributed by atoms with Crippen LogP contribution in [0, 0.1) is 0 Å². The number of aldehydes is 1. The Morgan fingerprint density at radius 2 is 1.94 bits per heavy atom. The summed E-state index contributed by atoms with van der Waals surface area (Å²) in [5.74, 6) is 0. The molecular weight excluding hydrogens is 200 g/mol. The molecular formula is C13H22N2O. The molecule has 1 saturated heterocycles. The number of nitrogens with zero attached hydrogens (tertiary/aromatic N) is 1. The first-order valence-corrected chi connectivity index (χ1v) is 5.48. The van der Waals surface area contributed by atoms with E-state index in [0.29, 0.717) is 11.6 Å². The molecule has 1 aliphatic rings. The molecule has 3 heteroatoms. The van der Waals surface area contributed by atoms with Gasteiger partial charge in [0.15, 0.2) is 0 Å². The molecule has 0 aromatic heterocycles. The molecule has 0 radical (unpaired) electrons. The number of nitrogens with two attached hydrogens (primary N) is 1. The van der Waals surface area contributed by atoms with E-state index < -0.39 is 0 Å². The Morgan fingerprint density at radius 3 is 2.19 bits per heavy atom. The van der Waals surface area contributed by atoms with Gasteiger partial charge in [-0.05, 0) is 33.0 Å². The van der Waals surface area contributed by atoms with Gasteiger partial charge >= 0.3 is 0 Å². The molecule has 0 aromatic carbocycles. The number of hydrogen-bond acceptors (Lipinski definition) is 3. The highest BCUT2D eigenvalue weighted by molar-refractivity contribution is 5.77. The summed E-state index contributed by atoms with van der Waals surface area (Å²) in [6.07, 6.45) is 7.71. The Bertz CT molecular complexity index is 231. The molecule has 90 valence electrons. The molecule has 0 bridgehead atoms. The molecule has 1 fully saturated rings. The van der Waals surface area contributed by atoms with E-state index in [4.69, 9.17) is 5.73 Å². The van der Waals surface area contributed by atoms with Crippen LogP contribution in [0.3, 0.4) is 0 Å². The van der Waals surface area contributed by atoms with Crippen LogP contribution < -0.4 is 5.73 Å². The van der Waals surface area contributed by atoms with Crippen molar-refractivity contribution in [1.29, 1.82) is 0 Å². The molecule has 16 heavy (non-hydrogen) atoms. The van der Waals surface area contributed by atoms with Crippen molar-refractivity contribution in [3.05, 3.63) is 37.0 Å². The van der Waals surface area contributed by atoms with E-state index >= 15 is 0 Å². The van der Waals surface area contributed by atoms with Crippen molar-refractivity contribution in [3.63, 3.8) is 0 Å². The lowest BCUT2D eigenvalue weighted by atomic mass is 10.1. The van der Waals surface area contributed by atoms with Gasteiger partial charge in [-0.25, -0.2) is 0 Å². The molecule has 0 unspecified atom stereocenters. The van der Waals surface area contributed by atoms with Crippen LogP contribution in [-0.2, 0) is 4.79 Å². The number of likely N-dealkylation sites (tertiary alicyclic amines) is 1. The maximum Gasteiger partial charge on any atom is 0.150 e. The zero-order chi connectivity index (χ0) is 12.4. The minimum atomic E-state index is 0.478. The summed E-state index contributed by atoms with van der Waals surface area (Å²) in [7, 11) is 2.14. The number of rotatable bonds is 3. The number of carbonyl (C=O) groups is 1. The monoisotopic (exact) mass is 222 g/mol. The lowest BCUT2D eigenvalue weighted by molar-refractivity contribution is -0.104. The predicted octanol–water partition coefficient (Wildman–Crippen LogP) is 1.52. The Labute approximate surface area is 98.3 Å². The summed E-state index contributed by atoms with van der Waals surface area (Å²) in [4.78, 5) is 12.3. The second-order valence-corrected chi connectivity index (χ2v) is 3.87. The van der Waals surface area contributed by atoms with E-state index in [2.05, 4.69) is 25.1 Å². The fourth-order valence-electron chi connectivity index (χ4n) is 1.32. The quantitative estimate of drug-likeness (QED) is 0.447. The van der Waals surface area contributed by atoms with Crippen molar-refractivity contribution in [2.45, 2.75) is 18.9 Å². The number of piperidine rings is 1. The van der Waals surface area contributed by atoms with Crippen molar-refractivity contribution in [3.8, 4) is 0 Å². The van der Waals surface area contributed by atoms with E-state index in [0.717, 1.165) is 6.29 Å². The SMILES string of the molecule is C=C/C=C(\C=C)C=O.CN1CCC(N)CC1. The first kappa shape index (κ1) is 14.8. The summed E-state index contributed by atoms with van der Waals surface area (Å²) >= 11 is 0. The lowest BCUT2D eigenvalue weighted by Gasteiger charge is -2.25. The van der Waals surface area contributed by atoms with Gasteiger partial charge in [-0.1, -0.05) is 31.4 Å². The Balaban J connectivity index is 0.000000281. The molecule has 3 nitrogen and oxygen atoms in total. The van der Waals surface area contributed by atoms with Gasteiger partial charge in [-0.2, -0.15) is 0 Å². The average Bonchev–Trinajstić information content (AvgIpc) is 2.31. The summed E-state index contributed by atoms with van der Waals surface area (Å²) in [5.41, 5.74) is 6.23. The minimum Gasteiger partial charge on any atom is -0.328 e. The van der Waals surface area contributed by atoms with Gasteiger partial charge < -0.3 is 10.6 Å². The van der Waals surface area contributed by atoms with Crippen LogP contribution in [0.4, 0.5) is 0 Å². The van der Waals surface area contributed by atoms with Crippen LogP contribution >= 0.6 is 0 Å². The van der Waals surface area contributed by atoms with Crippen LogP contribution in [0.5, 0.6) is 0 Å². The normalized spacial score (nSPS) is 18.2. The third kappa shape index (κ3) is 7.15. The average molecular weight is 222 g/mol. The third-order valence-electron chi connectivity index (χ3n) is 2.45. The molecule has 0 aliphatic carbocycles. The standard InChI is InChI=1S/C7H8O.C6H14N2/c1-3-5-7(4-2)6-8;1-8-4-2-6(7)3-5-8/h3-6H,1-2H2;6H,2-5,7H2,1H3/b7-5+;. The van der Waals surface area contributed by atoms with E-state index in [1.807, 2.05) is 0 Å². The number of allylic oxidation sites excluding steroid dienone is 4. The van der Waals surface area contributed by atoms with Gasteiger partial charge in [0.25, 0.3) is 0 Å². The van der Waals surface area contributed by atoms with Crippen LogP contribution in [-0.4, -0.2) is 37.4 Å². The maximum absolute atomic E-state index is 9.94. The summed E-state index contributed by atoms with van der Waals surface area (Å²) in [6.45, 7) is 9.18. The fraction of sp³-hybridized carbons (Fsp3) is 0.462. The molecule has 0 saturated carbocycles. The van der Waals surface area contributed by atoms with Crippen molar-refractivity contribution in [2.24, 2.45) is 5.73 Å². The molecule has 0 aromatic rings. The van der Waals surface area contributed by atoms with E-state index in [1.54, 1.807) is 12.2 Å². The van der Waals surface area contributed by atoms with Crippen LogP contribution in [0.25, 0.3) is 0 Å². The zero-order valence-corrected chi connectivity index (χ0v) is 10.1. The van der Waals surface area contributed by atoms with Gasteiger partial charge in [-0.15, -0.1) is 0 Å². The summed E-state index contributed by atoms with van der Waals surface area (Å²) < 4.78 is 0. The highest BCUT2D eigenvalue weighted by Gasteiger charge is 2.11. The second kappa shape index (κ2) is 9.07.